The minimum Gasteiger partial charge on any atom is -0.493 e. The van der Waals surface area contributed by atoms with Gasteiger partial charge in [0.2, 0.25) is 0 Å². The molecule has 1 heterocycles. The van der Waals surface area contributed by atoms with Crippen molar-refractivity contribution >= 4 is 5.84 Å². The largest absolute Gasteiger partial charge is 0.493 e. The van der Waals surface area contributed by atoms with Crippen molar-refractivity contribution < 1.29 is 22.6 Å². The summed E-state index contributed by atoms with van der Waals surface area (Å²) in [5.41, 5.74) is 7.04. The van der Waals surface area contributed by atoms with Crippen molar-refractivity contribution in [3.8, 4) is 5.75 Å². The molecule has 0 radical (unpaired) electrons. The van der Waals surface area contributed by atoms with Gasteiger partial charge in [-0.05, 0) is 43.0 Å². The van der Waals surface area contributed by atoms with Crippen LogP contribution in [-0.4, -0.2) is 25.5 Å². The third-order valence-electron chi connectivity index (χ3n) is 4.70. The lowest BCUT2D eigenvalue weighted by molar-refractivity contribution is -0.137. The van der Waals surface area contributed by atoms with Crippen LogP contribution in [0.25, 0.3) is 0 Å². The van der Waals surface area contributed by atoms with Crippen molar-refractivity contribution in [2.24, 2.45) is 5.73 Å². The van der Waals surface area contributed by atoms with E-state index in [9.17, 15) is 13.2 Å². The monoisotopic (exact) mass is 420 g/mol. The van der Waals surface area contributed by atoms with Gasteiger partial charge in [-0.15, -0.1) is 0 Å². The number of dihydropyridines is 1. The number of ether oxygens (including phenoxy) is 2. The van der Waals surface area contributed by atoms with Gasteiger partial charge in [0, 0.05) is 30.3 Å². The molecular formula is C21H23F3N4O2. The topological polar surface area (TPSA) is 92.4 Å². The molecule has 0 amide bonds. The maximum absolute atomic E-state index is 13.1. The molecule has 2 aliphatic rings. The summed E-state index contributed by atoms with van der Waals surface area (Å²) in [7, 11) is 1.47. The minimum atomic E-state index is -4.47. The fraction of sp³-hybridized carbons (Fsp3) is 0.286. The molecule has 0 saturated heterocycles. The fourth-order valence-electron chi connectivity index (χ4n) is 3.25. The van der Waals surface area contributed by atoms with Crippen LogP contribution in [-0.2, 0) is 10.9 Å². The number of benzene rings is 1. The first kappa shape index (κ1) is 21.4. The van der Waals surface area contributed by atoms with Crippen LogP contribution in [0.4, 0.5) is 13.2 Å². The molecule has 1 aliphatic carbocycles. The highest BCUT2D eigenvalue weighted by Gasteiger charge is 2.34. The van der Waals surface area contributed by atoms with Crippen LogP contribution < -0.4 is 21.1 Å². The standard InChI is InChI=1S/C21H23F3N4O2/c1-12-6-8-28-19-15(27-9-7-17(25)26)11-16(29-2)20(18(12)19)30-14-5-3-4-13(10-14)21(22,23)24/h3-6,8,10-11,19,27-28H,7,9H2,1-2H3,(H3,25,26). The van der Waals surface area contributed by atoms with Crippen molar-refractivity contribution in [1.29, 1.82) is 5.41 Å². The fourth-order valence-corrected chi connectivity index (χ4v) is 3.25. The number of halogens is 3. The predicted octanol–water partition coefficient (Wildman–Crippen LogP) is 3.56. The highest BCUT2D eigenvalue weighted by atomic mass is 19.4. The summed E-state index contributed by atoms with van der Waals surface area (Å²) >= 11 is 0. The minimum absolute atomic E-state index is 0.0596. The number of nitrogens with one attached hydrogen (secondary N) is 3. The number of amidine groups is 1. The molecule has 1 aromatic rings. The Bertz CT molecular complexity index is 961. The quantitative estimate of drug-likeness (QED) is 0.400. The molecule has 1 unspecified atom stereocenters. The van der Waals surface area contributed by atoms with Gasteiger partial charge in [-0.3, -0.25) is 5.41 Å². The van der Waals surface area contributed by atoms with Crippen molar-refractivity contribution in [3.05, 3.63) is 76.5 Å². The molecule has 0 aromatic heterocycles. The lowest BCUT2D eigenvalue weighted by Gasteiger charge is -2.33. The molecule has 0 saturated carbocycles. The molecule has 5 N–H and O–H groups in total. The Morgan fingerprint density at radius 3 is 2.77 bits per heavy atom. The van der Waals surface area contributed by atoms with Gasteiger partial charge >= 0.3 is 6.18 Å². The second-order valence-electron chi connectivity index (χ2n) is 6.86. The average molecular weight is 420 g/mol. The normalized spacial score (nSPS) is 18.4. The van der Waals surface area contributed by atoms with E-state index in [0.29, 0.717) is 24.5 Å². The molecule has 0 fully saturated rings. The zero-order chi connectivity index (χ0) is 21.9. The van der Waals surface area contributed by atoms with Gasteiger partial charge < -0.3 is 25.8 Å². The highest BCUT2D eigenvalue weighted by molar-refractivity contribution is 5.77. The molecule has 1 aromatic carbocycles. The lowest BCUT2D eigenvalue weighted by Crippen LogP contribution is -2.41. The van der Waals surface area contributed by atoms with Crippen LogP contribution in [0.15, 0.2) is 71.0 Å². The van der Waals surface area contributed by atoms with Crippen LogP contribution in [0.5, 0.6) is 5.75 Å². The van der Waals surface area contributed by atoms with Gasteiger partial charge in [0.1, 0.15) is 5.75 Å². The molecule has 9 heteroatoms. The first-order valence-corrected chi connectivity index (χ1v) is 9.26. The van der Waals surface area contributed by atoms with Crippen molar-refractivity contribution in [3.63, 3.8) is 0 Å². The smallest absolute Gasteiger partial charge is 0.416 e. The zero-order valence-corrected chi connectivity index (χ0v) is 16.6. The number of rotatable bonds is 7. The zero-order valence-electron chi connectivity index (χ0n) is 16.6. The third-order valence-corrected chi connectivity index (χ3v) is 4.70. The van der Waals surface area contributed by atoms with Crippen molar-refractivity contribution in [1.82, 2.24) is 10.6 Å². The van der Waals surface area contributed by atoms with Gasteiger partial charge in [-0.2, -0.15) is 13.2 Å². The summed E-state index contributed by atoms with van der Waals surface area (Å²) in [6.07, 6.45) is 1.29. The maximum Gasteiger partial charge on any atom is 0.416 e. The van der Waals surface area contributed by atoms with E-state index in [-0.39, 0.29) is 17.6 Å². The van der Waals surface area contributed by atoms with Crippen molar-refractivity contribution in [2.75, 3.05) is 13.7 Å². The molecular weight excluding hydrogens is 397 g/mol. The highest BCUT2D eigenvalue weighted by Crippen LogP contribution is 2.37. The number of fused-ring (bicyclic) bond motifs is 1. The van der Waals surface area contributed by atoms with E-state index in [0.717, 1.165) is 29.0 Å². The van der Waals surface area contributed by atoms with Crippen LogP contribution in [0.3, 0.4) is 0 Å². The van der Waals surface area contributed by atoms with Crippen LogP contribution >= 0.6 is 0 Å². The Hall–Kier alpha value is -3.36. The summed E-state index contributed by atoms with van der Waals surface area (Å²) in [6.45, 7) is 2.34. The van der Waals surface area contributed by atoms with E-state index >= 15 is 0 Å². The summed E-state index contributed by atoms with van der Waals surface area (Å²) in [4.78, 5) is 0. The number of methoxy groups -OCH3 is 1. The first-order valence-electron chi connectivity index (χ1n) is 9.26. The maximum atomic E-state index is 13.1. The predicted molar refractivity (Wildman–Crippen MR) is 107 cm³/mol. The van der Waals surface area contributed by atoms with E-state index in [4.69, 9.17) is 20.6 Å². The van der Waals surface area contributed by atoms with Gasteiger partial charge in [0.25, 0.3) is 0 Å². The Morgan fingerprint density at radius 2 is 2.10 bits per heavy atom. The summed E-state index contributed by atoms with van der Waals surface area (Å²) in [6, 6.07) is 4.42. The third kappa shape index (κ3) is 4.61. The molecule has 160 valence electrons. The summed E-state index contributed by atoms with van der Waals surface area (Å²) in [5, 5.41) is 13.8. The molecule has 30 heavy (non-hydrogen) atoms. The van der Waals surface area contributed by atoms with Gasteiger partial charge in [0.15, 0.2) is 11.5 Å². The van der Waals surface area contributed by atoms with Gasteiger partial charge in [0.05, 0.1) is 24.6 Å². The number of hydrogen-bond donors (Lipinski definition) is 4. The van der Waals surface area contributed by atoms with Gasteiger partial charge in [-0.25, -0.2) is 0 Å². The van der Waals surface area contributed by atoms with E-state index in [1.54, 1.807) is 12.3 Å². The van der Waals surface area contributed by atoms with Crippen LogP contribution in [0.1, 0.15) is 18.9 Å². The van der Waals surface area contributed by atoms with E-state index < -0.39 is 11.7 Å². The van der Waals surface area contributed by atoms with Crippen molar-refractivity contribution in [2.45, 2.75) is 25.6 Å². The number of allylic oxidation sites excluding steroid dienone is 3. The second-order valence-corrected chi connectivity index (χ2v) is 6.86. The molecule has 1 atom stereocenters. The molecule has 3 rings (SSSR count). The Labute approximate surface area is 172 Å². The van der Waals surface area contributed by atoms with E-state index in [1.807, 2.05) is 13.0 Å². The number of hydrogen-bond acceptors (Lipinski definition) is 5. The lowest BCUT2D eigenvalue weighted by atomic mass is 9.89. The van der Waals surface area contributed by atoms with E-state index in [2.05, 4.69) is 10.6 Å². The summed E-state index contributed by atoms with van der Waals surface area (Å²) < 4.78 is 50.7. The summed E-state index contributed by atoms with van der Waals surface area (Å²) in [5.74, 6) is 0.844. The molecule has 0 bridgehead atoms. The first-order chi connectivity index (χ1) is 14.2. The van der Waals surface area contributed by atoms with E-state index in [1.165, 1.54) is 19.2 Å². The molecule has 6 nitrogen and oxygen atoms in total. The number of nitrogens with two attached hydrogens (primary N) is 1. The number of alkyl halides is 3. The SMILES string of the molecule is COC1=C(Oc2cccc(C(F)(F)F)c2)C2=C(C)C=CNC2C(NCCC(=N)N)=C1. The second kappa shape index (κ2) is 8.56. The molecule has 0 spiro atoms. The Kier molecular flexibility index (Phi) is 6.09. The van der Waals surface area contributed by atoms with Crippen LogP contribution in [0, 0.1) is 5.41 Å². The molecule has 1 aliphatic heterocycles. The Morgan fingerprint density at radius 1 is 1.33 bits per heavy atom. The average Bonchev–Trinajstić information content (AvgIpc) is 2.68. The van der Waals surface area contributed by atoms with Gasteiger partial charge in [-0.1, -0.05) is 6.07 Å². The Balaban J connectivity index is 2.00. The van der Waals surface area contributed by atoms with Crippen LogP contribution in [0.2, 0.25) is 0 Å².